The van der Waals surface area contributed by atoms with Gasteiger partial charge in [-0.25, -0.2) is 4.79 Å². The molecule has 2 aromatic carbocycles. The number of oxazole rings is 1. The molecule has 108 valence electrons. The van der Waals surface area contributed by atoms with Crippen LogP contribution < -0.4 is 5.76 Å². The number of rotatable bonds is 3. The fourth-order valence-electron chi connectivity index (χ4n) is 2.36. The van der Waals surface area contributed by atoms with E-state index in [2.05, 4.69) is 6.07 Å². The molecule has 0 amide bonds. The number of hydrogen-bond donors (Lipinski definition) is 0. The van der Waals surface area contributed by atoms with Gasteiger partial charge in [0.25, 0.3) is 0 Å². The predicted molar refractivity (Wildman–Crippen MR) is 80.7 cm³/mol. The Morgan fingerprint density at radius 3 is 2.82 bits per heavy atom. The minimum absolute atomic E-state index is 0.0842. The summed E-state index contributed by atoms with van der Waals surface area (Å²) < 4.78 is 6.69. The van der Waals surface area contributed by atoms with E-state index >= 15 is 0 Å². The highest BCUT2D eigenvalue weighted by atomic mass is 16.4. The van der Waals surface area contributed by atoms with Crippen molar-refractivity contribution in [3.63, 3.8) is 0 Å². The zero-order valence-corrected chi connectivity index (χ0v) is 11.9. The van der Waals surface area contributed by atoms with E-state index in [4.69, 9.17) is 9.68 Å². The lowest BCUT2D eigenvalue weighted by molar-refractivity contribution is 0.101. The third kappa shape index (κ3) is 2.42. The highest BCUT2D eigenvalue weighted by molar-refractivity contribution is 5.96. The summed E-state index contributed by atoms with van der Waals surface area (Å²) in [5.41, 5.74) is 2.88. The Hall–Kier alpha value is -3.13. The van der Waals surface area contributed by atoms with Gasteiger partial charge in [-0.2, -0.15) is 5.26 Å². The van der Waals surface area contributed by atoms with E-state index in [-0.39, 0.29) is 5.78 Å². The fourth-order valence-corrected chi connectivity index (χ4v) is 2.36. The maximum absolute atomic E-state index is 12.0. The van der Waals surface area contributed by atoms with Crippen LogP contribution >= 0.6 is 0 Å². The van der Waals surface area contributed by atoms with E-state index in [1.54, 1.807) is 36.4 Å². The minimum Gasteiger partial charge on any atom is -0.408 e. The number of benzene rings is 2. The third-order valence-corrected chi connectivity index (χ3v) is 3.47. The van der Waals surface area contributed by atoms with Crippen LogP contribution in [0.3, 0.4) is 0 Å². The summed E-state index contributed by atoms with van der Waals surface area (Å²) in [5.74, 6) is -0.572. The molecule has 0 fully saturated rings. The standard InChI is InChI=1S/C17H12N2O3/c1-11(20)14-5-6-15-16(8-14)22-17(21)19(15)10-13-4-2-3-12(7-13)9-18/h2-8H,10H2,1H3. The van der Waals surface area contributed by atoms with Crippen LogP contribution in [0.15, 0.2) is 51.7 Å². The van der Waals surface area contributed by atoms with Gasteiger partial charge in [0.2, 0.25) is 0 Å². The SMILES string of the molecule is CC(=O)c1ccc2c(c1)oc(=O)n2Cc1cccc(C#N)c1. The van der Waals surface area contributed by atoms with Gasteiger partial charge in [0.15, 0.2) is 11.4 Å². The molecule has 0 atom stereocenters. The van der Waals surface area contributed by atoms with Gasteiger partial charge in [-0.1, -0.05) is 12.1 Å². The lowest BCUT2D eigenvalue weighted by Crippen LogP contribution is -2.14. The van der Waals surface area contributed by atoms with E-state index < -0.39 is 5.76 Å². The first kappa shape index (κ1) is 13.8. The number of aromatic nitrogens is 1. The molecule has 1 aromatic heterocycles. The molecule has 5 nitrogen and oxygen atoms in total. The Kier molecular flexibility index (Phi) is 3.36. The van der Waals surface area contributed by atoms with Crippen LogP contribution in [0.1, 0.15) is 28.4 Å². The largest absolute Gasteiger partial charge is 0.420 e. The molecular weight excluding hydrogens is 280 g/mol. The van der Waals surface area contributed by atoms with Crippen molar-refractivity contribution in [2.45, 2.75) is 13.5 Å². The van der Waals surface area contributed by atoms with Gasteiger partial charge in [-0.05, 0) is 42.8 Å². The maximum atomic E-state index is 12.0. The molecule has 0 bridgehead atoms. The Bertz CT molecular complexity index is 973. The van der Waals surface area contributed by atoms with Crippen LogP contribution in [0, 0.1) is 11.3 Å². The van der Waals surface area contributed by atoms with Gasteiger partial charge >= 0.3 is 5.76 Å². The first-order valence-electron chi connectivity index (χ1n) is 6.72. The quantitative estimate of drug-likeness (QED) is 0.695. The van der Waals surface area contributed by atoms with Crippen LogP contribution in [-0.2, 0) is 6.54 Å². The topological polar surface area (TPSA) is 76.0 Å². The summed E-state index contributed by atoms with van der Waals surface area (Å²) in [5, 5.41) is 8.93. The molecule has 0 spiro atoms. The smallest absolute Gasteiger partial charge is 0.408 e. The molecule has 0 aliphatic heterocycles. The Morgan fingerprint density at radius 2 is 2.09 bits per heavy atom. The fraction of sp³-hybridized carbons (Fsp3) is 0.118. The summed E-state index contributed by atoms with van der Waals surface area (Å²) in [7, 11) is 0. The molecule has 3 rings (SSSR count). The van der Waals surface area contributed by atoms with Crippen molar-refractivity contribution in [1.29, 1.82) is 5.26 Å². The van der Waals surface area contributed by atoms with Crippen molar-refractivity contribution in [2.24, 2.45) is 0 Å². The van der Waals surface area contributed by atoms with E-state index in [1.807, 2.05) is 6.07 Å². The lowest BCUT2D eigenvalue weighted by Gasteiger charge is -2.03. The second kappa shape index (κ2) is 5.34. The predicted octanol–water partition coefficient (Wildman–Crippen LogP) is 2.72. The molecule has 5 heteroatoms. The molecule has 22 heavy (non-hydrogen) atoms. The van der Waals surface area contributed by atoms with Crippen molar-refractivity contribution < 1.29 is 9.21 Å². The number of nitriles is 1. The monoisotopic (exact) mass is 292 g/mol. The molecule has 0 saturated heterocycles. The van der Waals surface area contributed by atoms with Crippen LogP contribution in [0.4, 0.5) is 0 Å². The molecule has 0 radical (unpaired) electrons. The summed E-state index contributed by atoms with van der Waals surface area (Å²) in [6, 6.07) is 14.1. The average Bonchev–Trinajstić information content (AvgIpc) is 2.82. The normalized spacial score (nSPS) is 10.5. The van der Waals surface area contributed by atoms with Crippen LogP contribution in [-0.4, -0.2) is 10.4 Å². The highest BCUT2D eigenvalue weighted by Gasteiger charge is 2.11. The van der Waals surface area contributed by atoms with Gasteiger partial charge in [0.05, 0.1) is 23.7 Å². The molecule has 0 unspecified atom stereocenters. The van der Waals surface area contributed by atoms with E-state index in [0.29, 0.717) is 28.8 Å². The Morgan fingerprint density at radius 1 is 1.27 bits per heavy atom. The van der Waals surface area contributed by atoms with Crippen molar-refractivity contribution in [3.8, 4) is 6.07 Å². The first-order valence-corrected chi connectivity index (χ1v) is 6.72. The number of carbonyl (C=O) groups is 1. The molecule has 0 aliphatic rings. The summed E-state index contributed by atoms with van der Waals surface area (Å²) >= 11 is 0. The summed E-state index contributed by atoms with van der Waals surface area (Å²) in [4.78, 5) is 23.4. The van der Waals surface area contributed by atoms with Crippen molar-refractivity contribution >= 4 is 16.9 Å². The minimum atomic E-state index is -0.488. The van der Waals surface area contributed by atoms with Crippen LogP contribution in [0.2, 0.25) is 0 Å². The molecule has 1 heterocycles. The second-order valence-electron chi connectivity index (χ2n) is 5.00. The van der Waals surface area contributed by atoms with Gasteiger partial charge in [-0.15, -0.1) is 0 Å². The molecule has 0 saturated carbocycles. The molecule has 3 aromatic rings. The van der Waals surface area contributed by atoms with E-state index in [9.17, 15) is 9.59 Å². The third-order valence-electron chi connectivity index (χ3n) is 3.47. The molecule has 0 N–H and O–H groups in total. The summed E-state index contributed by atoms with van der Waals surface area (Å²) in [6.07, 6.45) is 0. The number of carbonyl (C=O) groups excluding carboxylic acids is 1. The van der Waals surface area contributed by atoms with E-state index in [0.717, 1.165) is 5.56 Å². The van der Waals surface area contributed by atoms with Crippen molar-refractivity contribution in [3.05, 3.63) is 69.7 Å². The Labute approximate surface area is 126 Å². The number of nitrogens with zero attached hydrogens (tertiary/aromatic N) is 2. The number of fused-ring (bicyclic) bond motifs is 1. The molecular formula is C17H12N2O3. The van der Waals surface area contributed by atoms with Gasteiger partial charge in [-0.3, -0.25) is 9.36 Å². The van der Waals surface area contributed by atoms with Gasteiger partial charge in [0, 0.05) is 5.56 Å². The van der Waals surface area contributed by atoms with Gasteiger partial charge in [0.1, 0.15) is 0 Å². The van der Waals surface area contributed by atoms with Crippen molar-refractivity contribution in [1.82, 2.24) is 4.57 Å². The van der Waals surface area contributed by atoms with Crippen LogP contribution in [0.5, 0.6) is 0 Å². The lowest BCUT2D eigenvalue weighted by atomic mass is 10.1. The molecule has 0 aliphatic carbocycles. The number of Topliss-reactive ketones (excluding diaryl/α,β-unsaturated/α-hetero) is 1. The zero-order valence-electron chi connectivity index (χ0n) is 11.9. The summed E-state index contributed by atoms with van der Waals surface area (Å²) in [6.45, 7) is 1.77. The maximum Gasteiger partial charge on any atom is 0.420 e. The Balaban J connectivity index is 2.07. The average molecular weight is 292 g/mol. The first-order chi connectivity index (χ1) is 10.6. The van der Waals surface area contributed by atoms with Crippen molar-refractivity contribution in [2.75, 3.05) is 0 Å². The number of ketones is 1. The second-order valence-corrected chi connectivity index (χ2v) is 5.00. The van der Waals surface area contributed by atoms with Gasteiger partial charge < -0.3 is 4.42 Å². The zero-order chi connectivity index (χ0) is 15.7. The highest BCUT2D eigenvalue weighted by Crippen LogP contribution is 2.17. The van der Waals surface area contributed by atoms with Crippen LogP contribution in [0.25, 0.3) is 11.1 Å². The van der Waals surface area contributed by atoms with E-state index in [1.165, 1.54) is 11.5 Å². The number of hydrogen-bond acceptors (Lipinski definition) is 4.